The van der Waals surface area contributed by atoms with Gasteiger partial charge in [0.25, 0.3) is 5.69 Å². The number of nitrogens with one attached hydrogen (secondary N) is 5. The number of benzene rings is 5. The Morgan fingerprint density at radius 2 is 1.41 bits per heavy atom. The molecule has 3 heterocycles. The van der Waals surface area contributed by atoms with E-state index in [9.17, 15) is 61.1 Å². The zero-order chi connectivity index (χ0) is 62.3. The molecule has 5 aromatic carbocycles. The van der Waals surface area contributed by atoms with Gasteiger partial charge in [0.1, 0.15) is 22.4 Å². The molecule has 6 atom stereocenters. The number of urea groups is 1. The number of nitro benzene ring substituents is 1. The number of sulfone groups is 1. The highest BCUT2D eigenvalue weighted by atomic mass is 32.2. The third-order valence-corrected chi connectivity index (χ3v) is 20.4. The Bertz CT molecular complexity index is 3590. The molecule has 7 N–H and O–H groups in total. The van der Waals surface area contributed by atoms with Crippen molar-refractivity contribution < 1.29 is 55.9 Å². The van der Waals surface area contributed by atoms with Gasteiger partial charge in [-0.05, 0) is 85.5 Å². The predicted octanol–water partition coefficient (Wildman–Crippen LogP) is 6.19. The summed E-state index contributed by atoms with van der Waals surface area (Å²) in [5.74, 6) is -0.636. The maximum atomic E-state index is 14.8. The average molecular weight is 1250 g/mol. The second kappa shape index (κ2) is 30.0. The molecule has 8 rings (SSSR count). The molecule has 462 valence electrons. The number of carbonyl (C=O) groups is 5. The largest absolute Gasteiger partial charge is 0.508 e. The van der Waals surface area contributed by atoms with E-state index in [2.05, 4.69) is 36.9 Å². The van der Waals surface area contributed by atoms with Crippen LogP contribution in [0.2, 0.25) is 0 Å². The van der Waals surface area contributed by atoms with Crippen LogP contribution >= 0.6 is 11.8 Å². The lowest BCUT2D eigenvalue weighted by molar-refractivity contribution is -0.384. The number of non-ortho nitro benzene ring substituents is 1. The molecule has 1 aromatic heterocycles. The summed E-state index contributed by atoms with van der Waals surface area (Å²) < 4.78 is 60.0. The van der Waals surface area contributed by atoms with Gasteiger partial charge >= 0.3 is 6.03 Å². The van der Waals surface area contributed by atoms with Gasteiger partial charge in [0.2, 0.25) is 37.6 Å². The highest BCUT2D eigenvalue weighted by Crippen LogP contribution is 2.34. The molecule has 5 amide bonds. The van der Waals surface area contributed by atoms with E-state index in [1.54, 1.807) is 74.5 Å². The fraction of sp³-hybridized carbons (Fsp3) is 0.393. The molecule has 0 bridgehead atoms. The van der Waals surface area contributed by atoms with Gasteiger partial charge in [-0.25, -0.2) is 26.3 Å². The summed E-state index contributed by atoms with van der Waals surface area (Å²) in [5, 5.41) is 57.2. The van der Waals surface area contributed by atoms with E-state index < -0.39 is 65.2 Å². The van der Waals surface area contributed by atoms with Crippen LogP contribution in [0.4, 0.5) is 10.5 Å². The number of aromatic hydroxyl groups is 1. The molecule has 0 spiro atoms. The molecular formula is C61H72N10O13S3. The number of phenolic OH excluding ortho intramolecular Hbond substituents is 1. The van der Waals surface area contributed by atoms with Crippen molar-refractivity contribution in [2.75, 3.05) is 25.4 Å². The summed E-state index contributed by atoms with van der Waals surface area (Å²) >= 11 is 1.85. The Morgan fingerprint density at radius 1 is 0.770 bits per heavy atom. The number of rotatable bonds is 32. The fourth-order valence-corrected chi connectivity index (χ4v) is 15.7. The number of unbranched alkanes of at least 4 members (excludes halogenated alkanes) is 3. The quantitative estimate of drug-likeness (QED) is 0.00813. The molecule has 2 aliphatic heterocycles. The number of aliphatic hydroxyl groups is 1. The van der Waals surface area contributed by atoms with Crippen LogP contribution in [0.15, 0.2) is 148 Å². The highest BCUT2D eigenvalue weighted by molar-refractivity contribution is 8.00. The lowest BCUT2D eigenvalue weighted by Crippen LogP contribution is -2.47. The van der Waals surface area contributed by atoms with Gasteiger partial charge in [-0.2, -0.15) is 16.1 Å². The summed E-state index contributed by atoms with van der Waals surface area (Å²) in [6.45, 7) is 3.03. The minimum absolute atomic E-state index is 0.0234. The summed E-state index contributed by atoms with van der Waals surface area (Å²) in [6.07, 6.45) is 4.80. The molecular weight excluding hydrogens is 1180 g/mol. The third-order valence-electron chi connectivity index (χ3n) is 15.1. The Labute approximate surface area is 509 Å². The summed E-state index contributed by atoms with van der Waals surface area (Å²) in [4.78, 5) is 74.3. The predicted molar refractivity (Wildman–Crippen MR) is 325 cm³/mol. The molecule has 1 unspecified atom stereocenters. The van der Waals surface area contributed by atoms with E-state index in [0.29, 0.717) is 59.7 Å². The second-order valence-corrected chi connectivity index (χ2v) is 27.2. The Kier molecular flexibility index (Phi) is 22.4. The molecule has 2 fully saturated rings. The van der Waals surface area contributed by atoms with E-state index >= 15 is 0 Å². The smallest absolute Gasteiger partial charge is 0.315 e. The lowest BCUT2D eigenvalue weighted by atomic mass is 9.99. The number of sulfonamides is 1. The number of nitrogens with zero attached hydrogens (tertiary/aromatic N) is 5. The van der Waals surface area contributed by atoms with Gasteiger partial charge < -0.3 is 36.8 Å². The molecule has 23 nitrogen and oxygen atoms in total. The van der Waals surface area contributed by atoms with E-state index in [0.717, 1.165) is 65.7 Å². The van der Waals surface area contributed by atoms with Gasteiger partial charge in [-0.15, -0.1) is 5.10 Å². The van der Waals surface area contributed by atoms with Crippen LogP contribution in [-0.2, 0) is 53.6 Å². The molecule has 87 heavy (non-hydrogen) atoms. The maximum absolute atomic E-state index is 14.8. The van der Waals surface area contributed by atoms with Crippen molar-refractivity contribution in [2.45, 2.75) is 135 Å². The number of hydrogen-bond acceptors (Lipinski definition) is 16. The first-order valence-electron chi connectivity index (χ1n) is 28.8. The van der Waals surface area contributed by atoms with Gasteiger partial charge in [-0.3, -0.25) is 29.3 Å². The first-order valence-corrected chi connectivity index (χ1v) is 32.8. The van der Waals surface area contributed by atoms with E-state index in [1.165, 1.54) is 35.1 Å². The number of aromatic nitrogens is 3. The topological polar surface area (TPSA) is 331 Å². The molecule has 26 heteroatoms. The van der Waals surface area contributed by atoms with Crippen molar-refractivity contribution >= 4 is 66.8 Å². The Balaban J connectivity index is 0.918. The average Bonchev–Trinajstić information content (AvgIpc) is 1.70. The SMILES string of the molecule is CC(C)CN(CC(O)[C@H](Cc1ccc(O)cc1)n1cc(CNC(=O)[C@H](Cc2ccc(C(=O)c3ccccc3)cc2)NC(=O)CCCCCNC(=O)CCCC[C@@H]2SC[C@@H]3NC(=O)N[C@@H]32)nn1)S(=O)(=O)c1ccccc1S(=O)(=O)c1ccc([N+](=O)[O-])cc1. The van der Waals surface area contributed by atoms with Crippen LogP contribution in [0.5, 0.6) is 5.75 Å². The molecule has 0 saturated carbocycles. The number of nitro groups is 1. The van der Waals surface area contributed by atoms with E-state index in [4.69, 9.17) is 0 Å². The number of phenols is 1. The second-order valence-electron chi connectivity index (χ2n) is 22.1. The molecule has 6 aromatic rings. The normalized spacial score (nSPS) is 16.7. The van der Waals surface area contributed by atoms with Crippen LogP contribution in [0.1, 0.15) is 104 Å². The zero-order valence-corrected chi connectivity index (χ0v) is 50.6. The van der Waals surface area contributed by atoms with E-state index in [1.807, 2.05) is 17.8 Å². The van der Waals surface area contributed by atoms with Crippen molar-refractivity contribution in [3.63, 3.8) is 0 Å². The van der Waals surface area contributed by atoms with Gasteiger partial charge in [0.05, 0.1) is 51.7 Å². The van der Waals surface area contributed by atoms with Crippen LogP contribution in [0, 0.1) is 16.0 Å². The fourth-order valence-electron chi connectivity index (χ4n) is 10.5. The standard InChI is InChI=1S/C61H72N10O13S3/c1-40(2)36-69(87(83,84)55-17-10-9-16-54(55)86(81,82)48-30-26-46(27-31-48)71(79)80)38-52(73)51(34-42-22-28-47(72)29-23-42)70-37-45(67-68-70)35-63-60(77)49(33-41-20-24-44(25-21-41)59(76)43-13-5-3-6-14-43)64-57(75)19-7-4-12-32-62-56(74)18-11-8-15-53-58-50(39-85-53)65-61(78)66-58/h3,5-6,9-10,13-14,16-17,20-31,37,40,49-53,58,72-73H,4,7-8,11-12,15,18-19,32-36,38-39H2,1-2H3,(H,62,74)(H,63,77)(H,64,75)(H2,65,66,78)/t49-,50-,51-,52?,53-,58-/m0/s1. The summed E-state index contributed by atoms with van der Waals surface area (Å²) in [5.41, 5.74) is 2.07. The monoisotopic (exact) mass is 1250 g/mol. The lowest BCUT2D eigenvalue weighted by Gasteiger charge is -2.30. The minimum atomic E-state index is -4.73. The first kappa shape index (κ1) is 64.9. The number of hydrogen-bond donors (Lipinski definition) is 7. The zero-order valence-electron chi connectivity index (χ0n) is 48.2. The summed E-state index contributed by atoms with van der Waals surface area (Å²) in [7, 11) is -9.30. The first-order chi connectivity index (χ1) is 41.7. The molecule has 0 radical (unpaired) electrons. The maximum Gasteiger partial charge on any atom is 0.315 e. The summed E-state index contributed by atoms with van der Waals surface area (Å²) in [6, 6.07) is 28.7. The van der Waals surface area contributed by atoms with Gasteiger partial charge in [0.15, 0.2) is 5.78 Å². The number of ketones is 1. The van der Waals surface area contributed by atoms with Crippen LogP contribution in [0.25, 0.3) is 0 Å². The molecule has 2 aliphatic rings. The van der Waals surface area contributed by atoms with E-state index in [-0.39, 0.29) is 96.0 Å². The van der Waals surface area contributed by atoms with Crippen LogP contribution in [-0.4, -0.2) is 136 Å². The number of aliphatic hydroxyl groups excluding tert-OH is 1. The number of fused-ring (bicyclic) bond motifs is 1. The van der Waals surface area contributed by atoms with Crippen LogP contribution < -0.4 is 26.6 Å². The Hall–Kier alpha value is -8.04. The number of amides is 5. The molecule has 0 aliphatic carbocycles. The number of carbonyl (C=O) groups excluding carboxylic acids is 5. The molecule has 2 saturated heterocycles. The number of thioether (sulfide) groups is 1. The van der Waals surface area contributed by atoms with Gasteiger partial charge in [0, 0.05) is 73.2 Å². The highest BCUT2D eigenvalue weighted by Gasteiger charge is 2.43. The van der Waals surface area contributed by atoms with Gasteiger partial charge in [-0.1, -0.05) is 111 Å². The van der Waals surface area contributed by atoms with Crippen molar-refractivity contribution in [3.8, 4) is 5.75 Å². The Morgan fingerprint density at radius 3 is 2.11 bits per heavy atom. The van der Waals surface area contributed by atoms with Crippen molar-refractivity contribution in [3.05, 3.63) is 172 Å². The minimum Gasteiger partial charge on any atom is -0.508 e. The van der Waals surface area contributed by atoms with Crippen LogP contribution in [0.3, 0.4) is 0 Å². The van der Waals surface area contributed by atoms with Crippen molar-refractivity contribution in [1.29, 1.82) is 0 Å². The van der Waals surface area contributed by atoms with Crippen molar-refractivity contribution in [2.24, 2.45) is 5.92 Å². The third kappa shape index (κ3) is 17.6. The van der Waals surface area contributed by atoms with Crippen molar-refractivity contribution in [1.82, 2.24) is 45.9 Å².